The number of aromatic amines is 1. The number of hydrogen-bond acceptors (Lipinski definition) is 4. The fourth-order valence-electron chi connectivity index (χ4n) is 3.49. The Bertz CT molecular complexity index is 1090. The maximum Gasteiger partial charge on any atom is 0.328 e. The third kappa shape index (κ3) is 5.37. The van der Waals surface area contributed by atoms with Crippen molar-refractivity contribution in [2.24, 2.45) is 0 Å². The molecule has 0 aliphatic carbocycles. The molecule has 0 fully saturated rings. The van der Waals surface area contributed by atoms with Gasteiger partial charge in [0.1, 0.15) is 0 Å². The minimum absolute atomic E-state index is 0.0666. The van der Waals surface area contributed by atoms with Crippen LogP contribution in [0.3, 0.4) is 0 Å². The first-order chi connectivity index (χ1) is 14.6. The molecule has 30 heavy (non-hydrogen) atoms. The normalized spacial score (nSPS) is 10.8. The highest BCUT2D eigenvalue weighted by Gasteiger charge is 2.08. The summed E-state index contributed by atoms with van der Waals surface area (Å²) in [5.41, 5.74) is 0.936. The van der Waals surface area contributed by atoms with Crippen LogP contribution in [0.25, 0.3) is 10.9 Å². The summed E-state index contributed by atoms with van der Waals surface area (Å²) in [6.07, 6.45) is 1.55. The highest BCUT2D eigenvalue weighted by atomic mass is 16.2. The summed E-state index contributed by atoms with van der Waals surface area (Å²) in [5, 5.41) is 3.39. The standard InChI is InChI=1S/C23H28N4O3/c1-2-26(18-10-4-3-5-11-18)16-9-15-24-21(28)14-8-17-27-22(29)19-12-6-7-13-20(19)25-23(27)30/h3-7,10-13H,2,8-9,14-17H2,1H3,(H,24,28)(H,25,30). The molecule has 3 aromatic rings. The van der Waals surface area contributed by atoms with Crippen LogP contribution in [0.2, 0.25) is 0 Å². The quantitative estimate of drug-likeness (QED) is 0.505. The monoisotopic (exact) mass is 408 g/mol. The van der Waals surface area contributed by atoms with E-state index in [1.807, 2.05) is 18.2 Å². The molecule has 0 aliphatic heterocycles. The van der Waals surface area contributed by atoms with E-state index in [-0.39, 0.29) is 24.4 Å². The molecule has 1 heterocycles. The van der Waals surface area contributed by atoms with Gasteiger partial charge in [0.15, 0.2) is 0 Å². The van der Waals surface area contributed by atoms with Crippen LogP contribution in [-0.4, -0.2) is 35.1 Å². The van der Waals surface area contributed by atoms with Crippen molar-refractivity contribution < 1.29 is 4.79 Å². The summed E-state index contributed by atoms with van der Waals surface area (Å²) in [4.78, 5) is 41.7. The fraction of sp³-hybridized carbons (Fsp3) is 0.348. The maximum absolute atomic E-state index is 12.5. The van der Waals surface area contributed by atoms with Crippen LogP contribution in [0, 0.1) is 0 Å². The smallest absolute Gasteiger partial charge is 0.328 e. The van der Waals surface area contributed by atoms with Crippen molar-refractivity contribution in [2.45, 2.75) is 32.7 Å². The summed E-state index contributed by atoms with van der Waals surface area (Å²) in [5.74, 6) is -0.0666. The van der Waals surface area contributed by atoms with Gasteiger partial charge in [-0.3, -0.25) is 14.2 Å². The van der Waals surface area contributed by atoms with Crippen molar-refractivity contribution >= 4 is 22.5 Å². The maximum atomic E-state index is 12.5. The number of nitrogens with zero attached hydrogens (tertiary/aromatic N) is 2. The molecule has 0 bridgehead atoms. The molecule has 2 aromatic carbocycles. The Morgan fingerprint density at radius 1 is 1.03 bits per heavy atom. The molecule has 0 aliphatic rings. The minimum atomic E-state index is -0.445. The van der Waals surface area contributed by atoms with Gasteiger partial charge >= 0.3 is 5.69 Å². The third-order valence-electron chi connectivity index (χ3n) is 5.10. The molecule has 1 aromatic heterocycles. The number of aromatic nitrogens is 2. The molecule has 0 saturated heterocycles. The lowest BCUT2D eigenvalue weighted by Gasteiger charge is -2.23. The van der Waals surface area contributed by atoms with E-state index in [9.17, 15) is 14.4 Å². The predicted octanol–water partition coefficient (Wildman–Crippen LogP) is 2.50. The van der Waals surface area contributed by atoms with Crippen molar-refractivity contribution in [3.63, 3.8) is 0 Å². The molecule has 7 nitrogen and oxygen atoms in total. The molecular formula is C23H28N4O3. The number of amides is 1. The summed E-state index contributed by atoms with van der Waals surface area (Å²) >= 11 is 0. The molecule has 2 N–H and O–H groups in total. The largest absolute Gasteiger partial charge is 0.372 e. The predicted molar refractivity (Wildman–Crippen MR) is 120 cm³/mol. The number of carbonyl (C=O) groups is 1. The van der Waals surface area contributed by atoms with Crippen molar-refractivity contribution in [1.82, 2.24) is 14.9 Å². The molecular weight excluding hydrogens is 380 g/mol. The van der Waals surface area contributed by atoms with Gasteiger partial charge in [0.2, 0.25) is 5.91 Å². The van der Waals surface area contributed by atoms with Crippen LogP contribution in [0.1, 0.15) is 26.2 Å². The summed E-state index contributed by atoms with van der Waals surface area (Å²) in [6, 6.07) is 17.1. The first-order valence-electron chi connectivity index (χ1n) is 10.4. The average molecular weight is 409 g/mol. The molecule has 7 heteroatoms. The number of rotatable bonds is 10. The Labute approximate surface area is 175 Å². The van der Waals surface area contributed by atoms with Gasteiger partial charge in [0.05, 0.1) is 10.9 Å². The summed E-state index contributed by atoms with van der Waals surface area (Å²) in [7, 11) is 0. The van der Waals surface area contributed by atoms with Gasteiger partial charge in [0, 0.05) is 38.3 Å². The number of para-hydroxylation sites is 2. The van der Waals surface area contributed by atoms with Crippen molar-refractivity contribution in [2.75, 3.05) is 24.5 Å². The zero-order valence-electron chi connectivity index (χ0n) is 17.3. The Morgan fingerprint density at radius 2 is 1.77 bits per heavy atom. The first-order valence-corrected chi connectivity index (χ1v) is 10.4. The number of anilines is 1. The van der Waals surface area contributed by atoms with E-state index in [1.165, 1.54) is 5.69 Å². The van der Waals surface area contributed by atoms with Crippen LogP contribution in [0.5, 0.6) is 0 Å². The number of carbonyl (C=O) groups excluding carboxylic acids is 1. The average Bonchev–Trinajstić information content (AvgIpc) is 2.76. The van der Waals surface area contributed by atoms with Gasteiger partial charge in [-0.1, -0.05) is 30.3 Å². The number of fused-ring (bicyclic) bond motifs is 1. The van der Waals surface area contributed by atoms with Crippen molar-refractivity contribution in [1.29, 1.82) is 0 Å². The first kappa shape index (κ1) is 21.4. The lowest BCUT2D eigenvalue weighted by atomic mass is 10.2. The Hall–Kier alpha value is -3.35. The second-order valence-electron chi connectivity index (χ2n) is 7.15. The van der Waals surface area contributed by atoms with Crippen LogP contribution >= 0.6 is 0 Å². The number of nitrogens with one attached hydrogen (secondary N) is 2. The lowest BCUT2D eigenvalue weighted by Crippen LogP contribution is -2.35. The van der Waals surface area contributed by atoms with Gasteiger partial charge in [-0.25, -0.2) is 4.79 Å². The number of hydrogen-bond donors (Lipinski definition) is 2. The molecule has 0 saturated carbocycles. The molecule has 3 rings (SSSR count). The Kier molecular flexibility index (Phi) is 7.43. The van der Waals surface area contributed by atoms with Gasteiger partial charge in [-0.2, -0.15) is 0 Å². The number of H-pyrrole nitrogens is 1. The van der Waals surface area contributed by atoms with E-state index < -0.39 is 5.69 Å². The van der Waals surface area contributed by atoms with Gasteiger partial charge in [-0.05, 0) is 44.0 Å². The molecule has 0 spiro atoms. The van der Waals surface area contributed by atoms with Crippen LogP contribution in [-0.2, 0) is 11.3 Å². The van der Waals surface area contributed by atoms with E-state index in [0.717, 1.165) is 24.1 Å². The SMILES string of the molecule is CCN(CCCNC(=O)CCCn1c(=O)[nH]c2ccccc2c1=O)c1ccccc1. The number of benzene rings is 2. The highest BCUT2D eigenvalue weighted by molar-refractivity contribution is 5.77. The summed E-state index contributed by atoms with van der Waals surface area (Å²) < 4.78 is 1.16. The minimum Gasteiger partial charge on any atom is -0.372 e. The van der Waals surface area contributed by atoms with Gasteiger partial charge in [0.25, 0.3) is 5.56 Å². The van der Waals surface area contributed by atoms with Crippen molar-refractivity contribution in [3.05, 3.63) is 75.4 Å². The Morgan fingerprint density at radius 3 is 2.53 bits per heavy atom. The second kappa shape index (κ2) is 10.4. The Balaban J connectivity index is 1.43. The van der Waals surface area contributed by atoms with E-state index in [0.29, 0.717) is 23.9 Å². The van der Waals surface area contributed by atoms with E-state index in [2.05, 4.69) is 34.3 Å². The van der Waals surface area contributed by atoms with Crippen LogP contribution in [0.15, 0.2) is 64.2 Å². The summed E-state index contributed by atoms with van der Waals surface area (Å²) in [6.45, 7) is 4.69. The fourth-order valence-corrected chi connectivity index (χ4v) is 3.49. The van der Waals surface area contributed by atoms with Gasteiger partial charge < -0.3 is 15.2 Å². The van der Waals surface area contributed by atoms with E-state index in [4.69, 9.17) is 0 Å². The van der Waals surface area contributed by atoms with Crippen LogP contribution in [0.4, 0.5) is 5.69 Å². The molecule has 1 amide bonds. The van der Waals surface area contributed by atoms with E-state index >= 15 is 0 Å². The topological polar surface area (TPSA) is 87.2 Å². The van der Waals surface area contributed by atoms with Crippen molar-refractivity contribution in [3.8, 4) is 0 Å². The molecule has 0 radical (unpaired) electrons. The van der Waals surface area contributed by atoms with Crippen LogP contribution < -0.4 is 21.5 Å². The lowest BCUT2D eigenvalue weighted by molar-refractivity contribution is -0.121. The second-order valence-corrected chi connectivity index (χ2v) is 7.15. The molecule has 0 atom stereocenters. The molecule has 158 valence electrons. The highest BCUT2D eigenvalue weighted by Crippen LogP contribution is 2.12. The zero-order valence-corrected chi connectivity index (χ0v) is 17.3. The van der Waals surface area contributed by atoms with E-state index in [1.54, 1.807) is 24.3 Å². The third-order valence-corrected chi connectivity index (χ3v) is 5.10. The zero-order chi connectivity index (χ0) is 21.3. The molecule has 0 unspecified atom stereocenters. The van der Waals surface area contributed by atoms with Gasteiger partial charge in [-0.15, -0.1) is 0 Å².